The maximum Gasteiger partial charge on any atom is 0.0352 e. The zero-order chi connectivity index (χ0) is 14.7. The van der Waals surface area contributed by atoms with E-state index in [1.54, 1.807) is 0 Å². The van der Waals surface area contributed by atoms with Crippen LogP contribution < -0.4 is 5.32 Å². The molecule has 0 aliphatic heterocycles. The van der Waals surface area contributed by atoms with Crippen LogP contribution in [0.4, 0.5) is 0 Å². The van der Waals surface area contributed by atoms with E-state index >= 15 is 0 Å². The molecule has 0 bridgehead atoms. The fraction of sp³-hybridized carbons (Fsp3) is 0.400. The predicted octanol–water partition coefficient (Wildman–Crippen LogP) is 4.45. The summed E-state index contributed by atoms with van der Waals surface area (Å²) in [6.07, 6.45) is 4.99. The zero-order valence-electron chi connectivity index (χ0n) is 13.1. The molecule has 0 fully saturated rings. The van der Waals surface area contributed by atoms with Crippen molar-refractivity contribution in [2.75, 3.05) is 7.05 Å². The molecule has 0 amide bonds. The summed E-state index contributed by atoms with van der Waals surface area (Å²) < 4.78 is 0. The molecule has 0 spiro atoms. The van der Waals surface area contributed by atoms with Crippen molar-refractivity contribution >= 4 is 0 Å². The van der Waals surface area contributed by atoms with Crippen molar-refractivity contribution in [3.05, 3.63) is 70.8 Å². The second-order valence-corrected chi connectivity index (χ2v) is 6.31. The molecule has 2 atom stereocenters. The van der Waals surface area contributed by atoms with E-state index in [2.05, 4.69) is 67.8 Å². The zero-order valence-corrected chi connectivity index (χ0v) is 13.1. The lowest BCUT2D eigenvalue weighted by Gasteiger charge is -2.26. The van der Waals surface area contributed by atoms with Crippen molar-refractivity contribution in [3.63, 3.8) is 0 Å². The summed E-state index contributed by atoms with van der Waals surface area (Å²) >= 11 is 0. The molecule has 21 heavy (non-hydrogen) atoms. The minimum Gasteiger partial charge on any atom is -0.313 e. The van der Waals surface area contributed by atoms with Gasteiger partial charge in [0.25, 0.3) is 0 Å². The molecule has 2 unspecified atom stereocenters. The van der Waals surface area contributed by atoms with Gasteiger partial charge in [0.05, 0.1) is 0 Å². The Balaban J connectivity index is 1.88. The summed E-state index contributed by atoms with van der Waals surface area (Å²) in [5, 5.41) is 3.59. The molecule has 0 aromatic heterocycles. The van der Waals surface area contributed by atoms with Crippen LogP contribution in [-0.4, -0.2) is 7.05 Å². The van der Waals surface area contributed by atoms with Crippen LogP contribution in [0.15, 0.2) is 48.5 Å². The van der Waals surface area contributed by atoms with Gasteiger partial charge in [0.2, 0.25) is 0 Å². The molecule has 0 saturated carbocycles. The Hall–Kier alpha value is -1.60. The summed E-state index contributed by atoms with van der Waals surface area (Å²) in [7, 11) is 2.11. The number of hydrogen-bond donors (Lipinski definition) is 1. The predicted molar refractivity (Wildman–Crippen MR) is 89.6 cm³/mol. The first-order valence-corrected chi connectivity index (χ1v) is 8.08. The Labute approximate surface area is 128 Å². The van der Waals surface area contributed by atoms with Crippen molar-refractivity contribution in [2.45, 2.75) is 38.6 Å². The van der Waals surface area contributed by atoms with Gasteiger partial charge in [-0.25, -0.2) is 0 Å². The highest BCUT2D eigenvalue weighted by Gasteiger charge is 2.26. The summed E-state index contributed by atoms with van der Waals surface area (Å²) in [5.74, 6) is 0.681. The third-order valence-corrected chi connectivity index (χ3v) is 4.77. The lowest BCUT2D eigenvalue weighted by Crippen LogP contribution is -2.26. The maximum absolute atomic E-state index is 3.59. The summed E-state index contributed by atoms with van der Waals surface area (Å²) in [6, 6.07) is 18.4. The first-order chi connectivity index (χ1) is 10.3. The highest BCUT2D eigenvalue weighted by atomic mass is 14.9. The van der Waals surface area contributed by atoms with Crippen LogP contribution in [0.3, 0.4) is 0 Å². The van der Waals surface area contributed by atoms with Gasteiger partial charge < -0.3 is 5.32 Å². The minimum absolute atomic E-state index is 0.476. The van der Waals surface area contributed by atoms with E-state index < -0.39 is 0 Å². The van der Waals surface area contributed by atoms with E-state index in [1.165, 1.54) is 47.9 Å². The molecule has 2 aromatic rings. The first kappa shape index (κ1) is 14.3. The van der Waals surface area contributed by atoms with E-state index in [0.29, 0.717) is 12.0 Å². The average Bonchev–Trinajstić information content (AvgIpc) is 2.66. The molecule has 1 aliphatic carbocycles. The van der Waals surface area contributed by atoms with Crippen LogP contribution >= 0.6 is 0 Å². The smallest absolute Gasteiger partial charge is 0.0352 e. The van der Waals surface area contributed by atoms with Crippen LogP contribution in [0.25, 0.3) is 0 Å². The quantitative estimate of drug-likeness (QED) is 0.818. The van der Waals surface area contributed by atoms with E-state index in [0.717, 1.165) is 0 Å². The van der Waals surface area contributed by atoms with Crippen LogP contribution in [0.5, 0.6) is 0 Å². The van der Waals surface area contributed by atoms with Crippen molar-refractivity contribution < 1.29 is 0 Å². The molecule has 0 heterocycles. The highest BCUT2D eigenvalue weighted by Crippen LogP contribution is 2.35. The van der Waals surface area contributed by atoms with E-state index in [-0.39, 0.29) is 0 Å². The number of rotatable bonds is 3. The second-order valence-electron chi connectivity index (χ2n) is 6.31. The number of fused-ring (bicyclic) bond motifs is 1. The molecule has 1 aliphatic rings. The normalized spacial score (nSPS) is 21.6. The number of benzene rings is 2. The fourth-order valence-corrected chi connectivity index (χ4v) is 3.79. The number of hydrogen-bond acceptors (Lipinski definition) is 1. The highest BCUT2D eigenvalue weighted by molar-refractivity contribution is 5.32. The molecule has 1 nitrogen and oxygen atoms in total. The molecule has 110 valence electrons. The minimum atomic E-state index is 0.476. The van der Waals surface area contributed by atoms with Crippen LogP contribution in [-0.2, 0) is 12.8 Å². The maximum atomic E-state index is 3.59. The molecule has 3 rings (SSSR count). The van der Waals surface area contributed by atoms with Gasteiger partial charge in [-0.05, 0) is 62.3 Å². The molecule has 0 radical (unpaired) electrons. The van der Waals surface area contributed by atoms with Crippen LogP contribution in [0.2, 0.25) is 0 Å². The van der Waals surface area contributed by atoms with Gasteiger partial charge in [-0.1, -0.05) is 54.1 Å². The van der Waals surface area contributed by atoms with Gasteiger partial charge in [-0.2, -0.15) is 0 Å². The Kier molecular flexibility index (Phi) is 4.40. The molecule has 2 aromatic carbocycles. The topological polar surface area (TPSA) is 12.0 Å². The third kappa shape index (κ3) is 3.19. The summed E-state index contributed by atoms with van der Waals surface area (Å²) in [6.45, 7) is 2.18. The lowest BCUT2D eigenvalue weighted by molar-refractivity contribution is 0.359. The van der Waals surface area contributed by atoms with Crippen molar-refractivity contribution in [1.29, 1.82) is 0 Å². The van der Waals surface area contributed by atoms with Crippen molar-refractivity contribution in [1.82, 2.24) is 5.32 Å². The molecular weight excluding hydrogens is 254 g/mol. The van der Waals surface area contributed by atoms with Gasteiger partial charge in [0.1, 0.15) is 0 Å². The van der Waals surface area contributed by atoms with Crippen LogP contribution in [0, 0.1) is 12.8 Å². The monoisotopic (exact) mass is 279 g/mol. The Morgan fingerprint density at radius 1 is 1.10 bits per heavy atom. The van der Waals surface area contributed by atoms with Gasteiger partial charge >= 0.3 is 0 Å². The largest absolute Gasteiger partial charge is 0.313 e. The van der Waals surface area contributed by atoms with Gasteiger partial charge in [0.15, 0.2) is 0 Å². The number of nitrogens with one attached hydrogen (secondary N) is 1. The second kappa shape index (κ2) is 6.44. The third-order valence-electron chi connectivity index (χ3n) is 4.77. The van der Waals surface area contributed by atoms with Crippen molar-refractivity contribution in [3.8, 4) is 0 Å². The van der Waals surface area contributed by atoms with E-state index in [9.17, 15) is 0 Å². The van der Waals surface area contributed by atoms with E-state index in [4.69, 9.17) is 0 Å². The van der Waals surface area contributed by atoms with Gasteiger partial charge in [-0.3, -0.25) is 0 Å². The summed E-state index contributed by atoms with van der Waals surface area (Å²) in [5.41, 5.74) is 5.88. The Bertz CT molecular complexity index is 602. The lowest BCUT2D eigenvalue weighted by atomic mass is 9.85. The first-order valence-electron chi connectivity index (χ1n) is 8.08. The van der Waals surface area contributed by atoms with Crippen molar-refractivity contribution in [2.24, 2.45) is 5.92 Å². The Morgan fingerprint density at radius 2 is 1.95 bits per heavy atom. The molecule has 0 saturated heterocycles. The fourth-order valence-electron chi connectivity index (χ4n) is 3.79. The molecule has 1 N–H and O–H groups in total. The average molecular weight is 279 g/mol. The SMILES string of the molecule is CNC1c2ccccc2CCCC1Cc1cccc(C)c1. The van der Waals surface area contributed by atoms with Gasteiger partial charge in [-0.15, -0.1) is 0 Å². The van der Waals surface area contributed by atoms with Crippen LogP contribution in [0.1, 0.15) is 41.1 Å². The Morgan fingerprint density at radius 3 is 2.76 bits per heavy atom. The summed E-state index contributed by atoms with van der Waals surface area (Å²) in [4.78, 5) is 0. The molecule has 1 heteroatoms. The van der Waals surface area contributed by atoms with E-state index in [1.807, 2.05) is 0 Å². The van der Waals surface area contributed by atoms with Gasteiger partial charge in [0, 0.05) is 6.04 Å². The number of aryl methyl sites for hydroxylation is 2. The molecular formula is C20H25N. The standard InChI is InChI=1S/C20H25N/c1-15-7-5-8-16(13-15)14-18-11-6-10-17-9-3-4-12-19(17)20(18)21-2/h3-5,7-9,12-13,18,20-21H,6,10-11,14H2,1-2H3.